The molecule has 0 unspecified atom stereocenters. The Balaban J connectivity index is 0.000000146. The standard InChI is InChI=1S/C32H38N8O.C28H33ClFN7O2.C28H33F2N7O2/c1-4-30(41)40-18-17-39(21-25(40)19-33-2)31-27-14-16-38(29-13-7-10-23-9-5-6-12-26(23)29)22-28(27)35-32(36-31)34-20-24-11-8-15-37(24)3;1-4-25(38)37-14-13-36(16-20(37)15-31-2)27-21-10-12-35(24-9-5-8-22(30)26(24)29)17-23(21)32-28(33-27)39-18-19-7-6-11-34(19)3;1-4-25(38)37-14-13-36(16-20(37)15-31-2)27-21-10-12-35(24-9-5-8-22(29)26(24)30)17-23(21)32-28(33-27)39-18-19-7-6-11-34(19)3/h4-7,9-10,12-13,24-25H,1,8,11,14-22H2,3H3,(H,34,35,36);2*4-5,8-9,19-20H,1,6-7,10-18H2,3H3/t24-,25-;2*19-,20-/m000/s1. The predicted molar refractivity (Wildman–Crippen MR) is 457 cm³/mol. The van der Waals surface area contributed by atoms with Gasteiger partial charge in [-0.25, -0.2) is 37.9 Å². The molecule has 9 aliphatic rings. The summed E-state index contributed by atoms with van der Waals surface area (Å²) in [5, 5.41) is 6.15. The Morgan fingerprint density at radius 3 is 1.34 bits per heavy atom. The van der Waals surface area contributed by atoms with Crippen molar-refractivity contribution in [3.8, 4) is 12.0 Å². The number of fused-ring (bicyclic) bond motifs is 4. The number of rotatable bonds is 21. The van der Waals surface area contributed by atoms with Crippen LogP contribution in [0.5, 0.6) is 12.0 Å². The van der Waals surface area contributed by atoms with Crippen molar-refractivity contribution in [1.29, 1.82) is 0 Å². The molecule has 6 fully saturated rings. The van der Waals surface area contributed by atoms with Crippen molar-refractivity contribution in [3.05, 3.63) is 207 Å². The SMILES string of the molecule is [C-]#[N+]C[C@H]1CN(c2nc(NC[C@@H]3CCCN3C)nc3c2CCN(c2cccc4ccccc24)C3)CCN1C(=O)C=C.[C-]#[N+]C[C@H]1CN(c2nc(OC[C@@H]3CCCN3C)nc3c2CCN(c2cccc(F)c2Cl)C3)CCN1C(=O)C=C.[C-]#[N+]C[C@H]1CN(c2nc(OC[C@@H]3CCCN3C)nc3c2CCN(c2cccc(F)c2F)C3)CCN1C(=O)C=C. The summed E-state index contributed by atoms with van der Waals surface area (Å²) in [4.78, 5) is 102. The monoisotopic (exact) mass is 1640 g/mol. The summed E-state index contributed by atoms with van der Waals surface area (Å²) in [5.74, 6) is 0.412. The van der Waals surface area contributed by atoms with Gasteiger partial charge in [-0.1, -0.05) is 79.9 Å². The molecule has 1 N–H and O–H groups in total. The number of hydrogen-bond acceptors (Lipinski definition) is 21. The number of ether oxygens (including phenoxy) is 2. The molecule has 624 valence electrons. The number of carbonyl (C=O) groups is 3. The number of likely N-dealkylation sites (N-methyl/N-ethyl adjacent to an activating group) is 3. The number of aromatic nitrogens is 6. The maximum Gasteiger partial charge on any atom is 0.318 e. The van der Waals surface area contributed by atoms with Crippen LogP contribution < -0.4 is 44.2 Å². The van der Waals surface area contributed by atoms with E-state index in [2.05, 4.69) is 137 Å². The Bertz CT molecular complexity index is 4820. The fourth-order valence-electron chi connectivity index (χ4n) is 18.1. The lowest BCUT2D eigenvalue weighted by atomic mass is 10.0. The fraction of sp³-hybridized carbons (Fsp3) is 0.477. The van der Waals surface area contributed by atoms with E-state index in [0.29, 0.717) is 147 Å². The number of benzene rings is 4. The first-order valence-corrected chi connectivity index (χ1v) is 41.7. The molecule has 31 heteroatoms. The fourth-order valence-corrected chi connectivity index (χ4v) is 18.3. The Hall–Kier alpha value is -11.4. The highest BCUT2D eigenvalue weighted by atomic mass is 35.5. The summed E-state index contributed by atoms with van der Waals surface area (Å²) in [5.41, 5.74) is 7.73. The van der Waals surface area contributed by atoms with E-state index in [9.17, 15) is 27.6 Å². The molecule has 6 saturated heterocycles. The van der Waals surface area contributed by atoms with Gasteiger partial charge in [-0.05, 0) is 153 Å². The molecular formula is C88H104ClF3N22O5. The van der Waals surface area contributed by atoms with Gasteiger partial charge in [-0.2, -0.15) is 24.9 Å². The average Bonchev–Trinajstić information content (AvgIpc) is 1.06. The van der Waals surface area contributed by atoms with Gasteiger partial charge in [0.2, 0.25) is 43.3 Å². The van der Waals surface area contributed by atoms with E-state index < -0.39 is 17.5 Å². The summed E-state index contributed by atoms with van der Waals surface area (Å²) in [6.07, 6.45) is 12.7. The first-order chi connectivity index (χ1) is 57.8. The maximum atomic E-state index is 14.6. The molecule has 3 aromatic heterocycles. The highest BCUT2D eigenvalue weighted by Crippen LogP contribution is 2.40. The molecule has 6 atom stereocenters. The minimum absolute atomic E-state index is 0.0981. The predicted octanol–water partition coefficient (Wildman–Crippen LogP) is 10.2. The van der Waals surface area contributed by atoms with Gasteiger partial charge in [0.1, 0.15) is 54.6 Å². The highest BCUT2D eigenvalue weighted by molar-refractivity contribution is 6.33. The van der Waals surface area contributed by atoms with E-state index >= 15 is 0 Å². The van der Waals surface area contributed by atoms with Gasteiger partial charge in [0.25, 0.3) is 0 Å². The smallest absolute Gasteiger partial charge is 0.318 e. The molecular weight excluding hydrogens is 1540 g/mol. The molecule has 9 aliphatic heterocycles. The summed E-state index contributed by atoms with van der Waals surface area (Å²) in [6.45, 7) is 46.9. The lowest BCUT2D eigenvalue weighted by Gasteiger charge is -2.41. The summed E-state index contributed by atoms with van der Waals surface area (Å²) >= 11 is 6.32. The number of nitrogens with zero attached hydrogens (tertiary/aromatic N) is 21. The van der Waals surface area contributed by atoms with Crippen molar-refractivity contribution in [1.82, 2.24) is 59.3 Å². The normalized spacial score (nSPS) is 21.3. The van der Waals surface area contributed by atoms with Crippen molar-refractivity contribution >= 4 is 80.6 Å². The van der Waals surface area contributed by atoms with Crippen LogP contribution >= 0.6 is 11.6 Å². The lowest BCUT2D eigenvalue weighted by molar-refractivity contribution is -0.129. The van der Waals surface area contributed by atoms with Crippen LogP contribution in [0.1, 0.15) is 72.3 Å². The zero-order valence-corrected chi connectivity index (χ0v) is 68.9. The molecule has 0 aliphatic carbocycles. The Labute approximate surface area is 699 Å². The molecule has 12 heterocycles. The molecule has 4 aromatic carbocycles. The second-order valence-electron chi connectivity index (χ2n) is 31.8. The summed E-state index contributed by atoms with van der Waals surface area (Å²) in [7, 11) is 6.36. The number of likely N-dealkylation sites (tertiary alicyclic amines) is 3. The first-order valence-electron chi connectivity index (χ1n) is 41.3. The quantitative estimate of drug-likeness (QED) is 0.0524. The van der Waals surface area contributed by atoms with E-state index in [1.807, 2.05) is 11.0 Å². The van der Waals surface area contributed by atoms with Gasteiger partial charge in [0, 0.05) is 131 Å². The second kappa shape index (κ2) is 38.6. The Morgan fingerprint density at radius 1 is 0.471 bits per heavy atom. The zero-order valence-electron chi connectivity index (χ0n) is 68.1. The van der Waals surface area contributed by atoms with Gasteiger partial charge in [0.15, 0.2) is 11.6 Å². The zero-order chi connectivity index (χ0) is 83.4. The number of anilines is 7. The van der Waals surface area contributed by atoms with Gasteiger partial charge >= 0.3 is 12.0 Å². The third kappa shape index (κ3) is 19.0. The largest absolute Gasteiger partial charge is 0.462 e. The number of hydrogen-bond donors (Lipinski definition) is 1. The average molecular weight is 1640 g/mol. The minimum Gasteiger partial charge on any atom is -0.462 e. The number of nitrogens with one attached hydrogen (secondary N) is 1. The summed E-state index contributed by atoms with van der Waals surface area (Å²) in [6, 6.07) is 24.9. The molecule has 3 amide bonds. The van der Waals surface area contributed by atoms with Crippen molar-refractivity contribution in [2.45, 2.75) is 114 Å². The van der Waals surface area contributed by atoms with Crippen LogP contribution in [0.2, 0.25) is 5.02 Å². The van der Waals surface area contributed by atoms with Crippen LogP contribution in [0.15, 0.2) is 117 Å². The molecule has 0 saturated carbocycles. The maximum absolute atomic E-state index is 14.6. The number of piperazine rings is 3. The third-order valence-electron chi connectivity index (χ3n) is 24.7. The Kier molecular flexibility index (Phi) is 27.3. The number of amides is 3. The van der Waals surface area contributed by atoms with E-state index in [-0.39, 0.29) is 84.8 Å². The van der Waals surface area contributed by atoms with Gasteiger partial charge in [-0.15, -0.1) is 0 Å². The van der Waals surface area contributed by atoms with E-state index in [1.165, 1.54) is 65.2 Å². The Morgan fingerprint density at radius 2 is 0.874 bits per heavy atom. The molecule has 0 radical (unpaired) electrons. The van der Waals surface area contributed by atoms with Gasteiger partial charge in [-0.3, -0.25) is 14.4 Å². The summed E-state index contributed by atoms with van der Waals surface area (Å²) < 4.78 is 55.1. The van der Waals surface area contributed by atoms with Crippen LogP contribution in [-0.2, 0) is 53.3 Å². The molecule has 119 heavy (non-hydrogen) atoms. The molecule has 7 aromatic rings. The minimum atomic E-state index is -0.885. The molecule has 0 bridgehead atoms. The third-order valence-corrected chi connectivity index (χ3v) is 25.1. The van der Waals surface area contributed by atoms with E-state index in [4.69, 9.17) is 70.7 Å². The van der Waals surface area contributed by atoms with E-state index in [0.717, 1.165) is 111 Å². The van der Waals surface area contributed by atoms with Gasteiger partial charge in [0.05, 0.1) is 53.1 Å². The van der Waals surface area contributed by atoms with Crippen LogP contribution in [0.25, 0.3) is 25.3 Å². The van der Waals surface area contributed by atoms with Gasteiger partial charge < -0.3 is 88.1 Å². The van der Waals surface area contributed by atoms with Crippen LogP contribution in [-0.4, -0.2) is 272 Å². The molecule has 0 spiro atoms. The topological polar surface area (TPSA) is 211 Å². The highest BCUT2D eigenvalue weighted by Gasteiger charge is 2.40. The second-order valence-corrected chi connectivity index (χ2v) is 32.2. The van der Waals surface area contributed by atoms with Crippen molar-refractivity contribution < 1.29 is 37.0 Å². The lowest BCUT2D eigenvalue weighted by Crippen LogP contribution is -2.56. The van der Waals surface area contributed by atoms with Crippen LogP contribution in [0, 0.1) is 37.2 Å². The number of halogens is 4. The van der Waals surface area contributed by atoms with Crippen molar-refractivity contribution in [2.24, 2.45) is 0 Å². The molecule has 27 nitrogen and oxygen atoms in total. The number of carbonyl (C=O) groups excluding carboxylic acids is 3. The van der Waals surface area contributed by atoms with Crippen LogP contribution in [0.3, 0.4) is 0 Å². The van der Waals surface area contributed by atoms with Crippen molar-refractivity contribution in [2.75, 3.05) is 193 Å². The first kappa shape index (κ1) is 84.1. The van der Waals surface area contributed by atoms with Crippen molar-refractivity contribution in [3.63, 3.8) is 0 Å². The van der Waals surface area contributed by atoms with E-state index in [1.54, 1.807) is 31.7 Å². The van der Waals surface area contributed by atoms with Crippen LogP contribution in [0.4, 0.5) is 53.6 Å². The molecule has 16 rings (SSSR count).